The van der Waals surface area contributed by atoms with Gasteiger partial charge in [0.2, 0.25) is 5.88 Å². The molecule has 1 saturated carbocycles. The maximum atomic E-state index is 12.0. The highest BCUT2D eigenvalue weighted by molar-refractivity contribution is 7.18. The minimum Gasteiger partial charge on any atom is -0.467 e. The fourth-order valence-electron chi connectivity index (χ4n) is 3.76. The number of nitrogens with zero attached hydrogens (tertiary/aromatic N) is 2. The lowest BCUT2D eigenvalue weighted by atomic mass is 9.97. The van der Waals surface area contributed by atoms with Crippen LogP contribution in [-0.2, 0) is 17.6 Å². The molecule has 2 aromatic heterocycles. The van der Waals surface area contributed by atoms with Crippen LogP contribution in [-0.4, -0.2) is 34.6 Å². The summed E-state index contributed by atoms with van der Waals surface area (Å²) in [6.07, 6.45) is 10.1. The highest BCUT2D eigenvalue weighted by atomic mass is 32.1. The molecular formula is C18H22N4O3S. The van der Waals surface area contributed by atoms with Crippen molar-refractivity contribution >= 4 is 33.5 Å². The van der Waals surface area contributed by atoms with Gasteiger partial charge in [0, 0.05) is 10.9 Å². The predicted molar refractivity (Wildman–Crippen MR) is 98.5 cm³/mol. The van der Waals surface area contributed by atoms with E-state index in [1.165, 1.54) is 23.2 Å². The molecule has 138 valence electrons. The van der Waals surface area contributed by atoms with Gasteiger partial charge in [-0.3, -0.25) is 10.1 Å². The predicted octanol–water partition coefficient (Wildman–Crippen LogP) is 2.72. The normalized spacial score (nSPS) is 17.1. The second-order valence-corrected chi connectivity index (χ2v) is 7.95. The van der Waals surface area contributed by atoms with Gasteiger partial charge < -0.3 is 10.1 Å². The third-order valence-electron chi connectivity index (χ3n) is 5.00. The molecule has 1 fully saturated rings. The minimum absolute atomic E-state index is 0.169. The first kappa shape index (κ1) is 17.2. The van der Waals surface area contributed by atoms with E-state index in [2.05, 4.69) is 20.6 Å². The summed E-state index contributed by atoms with van der Waals surface area (Å²) in [5.74, 6) is -0.0443. The van der Waals surface area contributed by atoms with Crippen molar-refractivity contribution in [2.75, 3.05) is 6.61 Å². The molecule has 7 nitrogen and oxygen atoms in total. The molecule has 0 aromatic carbocycles. The van der Waals surface area contributed by atoms with Crippen molar-refractivity contribution in [1.82, 2.24) is 20.6 Å². The van der Waals surface area contributed by atoms with Gasteiger partial charge in [-0.25, -0.2) is 14.8 Å². The number of nitrogens with one attached hydrogen (secondary N) is 2. The van der Waals surface area contributed by atoms with Gasteiger partial charge in [-0.2, -0.15) is 0 Å². The second kappa shape index (κ2) is 7.57. The van der Waals surface area contributed by atoms with Crippen LogP contribution < -0.4 is 15.4 Å². The van der Waals surface area contributed by atoms with Crippen molar-refractivity contribution < 1.29 is 14.3 Å². The van der Waals surface area contributed by atoms with Crippen molar-refractivity contribution in [1.29, 1.82) is 0 Å². The number of urea groups is 1. The Hall–Kier alpha value is -2.22. The highest BCUT2D eigenvalue weighted by Crippen LogP contribution is 2.38. The maximum Gasteiger partial charge on any atom is 0.321 e. The van der Waals surface area contributed by atoms with E-state index < -0.39 is 11.9 Å². The molecule has 3 amide bonds. The number of thiophene rings is 1. The molecule has 2 aliphatic rings. The van der Waals surface area contributed by atoms with E-state index >= 15 is 0 Å². The molecule has 0 unspecified atom stereocenters. The number of hydrogen-bond donors (Lipinski definition) is 2. The first-order valence-corrected chi connectivity index (χ1v) is 10.0. The van der Waals surface area contributed by atoms with Gasteiger partial charge in [0.05, 0.1) is 5.39 Å². The van der Waals surface area contributed by atoms with Gasteiger partial charge in [-0.05, 0) is 44.1 Å². The molecule has 26 heavy (non-hydrogen) atoms. The SMILES string of the molecule is O=C(COc1ncnc2sc3c(c12)CCCC3)NC(=O)NC1CCCC1. The summed E-state index contributed by atoms with van der Waals surface area (Å²) in [6, 6.07) is -0.284. The average molecular weight is 374 g/mol. The first-order chi connectivity index (χ1) is 12.7. The minimum atomic E-state index is -0.476. The molecule has 4 rings (SSSR count). The summed E-state index contributed by atoms with van der Waals surface area (Å²) in [4.78, 5) is 34.7. The summed E-state index contributed by atoms with van der Waals surface area (Å²) in [5.41, 5.74) is 1.26. The fraction of sp³-hybridized carbons (Fsp3) is 0.556. The lowest BCUT2D eigenvalue weighted by molar-refractivity contribution is -0.122. The average Bonchev–Trinajstić information content (AvgIpc) is 3.27. The number of rotatable bonds is 4. The van der Waals surface area contributed by atoms with Gasteiger partial charge in [-0.15, -0.1) is 11.3 Å². The van der Waals surface area contributed by atoms with Crippen molar-refractivity contribution in [3.05, 3.63) is 16.8 Å². The first-order valence-electron chi connectivity index (χ1n) is 9.19. The summed E-state index contributed by atoms with van der Waals surface area (Å²) >= 11 is 1.68. The van der Waals surface area contributed by atoms with Gasteiger partial charge in [0.25, 0.3) is 5.91 Å². The number of imide groups is 1. The standard InChI is InChI=1S/C18H22N4O3S/c23-14(22-18(24)21-11-5-1-2-6-11)9-25-16-15-12-7-3-4-8-13(12)26-17(15)20-10-19-16/h10-11H,1-9H2,(H2,21,22,23,24). The van der Waals surface area contributed by atoms with Crippen molar-refractivity contribution in [3.8, 4) is 5.88 Å². The van der Waals surface area contributed by atoms with E-state index in [0.717, 1.165) is 55.2 Å². The third-order valence-corrected chi connectivity index (χ3v) is 6.20. The molecule has 0 spiro atoms. The Morgan fingerprint density at radius 3 is 2.81 bits per heavy atom. The Labute approximate surface area is 155 Å². The zero-order valence-electron chi connectivity index (χ0n) is 14.5. The largest absolute Gasteiger partial charge is 0.467 e. The number of amides is 3. The molecule has 8 heteroatoms. The number of aryl methyl sites for hydroxylation is 2. The van der Waals surface area contributed by atoms with E-state index in [-0.39, 0.29) is 12.6 Å². The van der Waals surface area contributed by atoms with E-state index in [1.807, 2.05) is 0 Å². The fourth-order valence-corrected chi connectivity index (χ4v) is 4.98. The zero-order valence-corrected chi connectivity index (χ0v) is 15.4. The number of fused-ring (bicyclic) bond motifs is 3. The van der Waals surface area contributed by atoms with Crippen LogP contribution in [0.1, 0.15) is 49.0 Å². The zero-order chi connectivity index (χ0) is 17.9. The van der Waals surface area contributed by atoms with E-state index in [0.29, 0.717) is 5.88 Å². The Balaban J connectivity index is 1.39. The highest BCUT2D eigenvalue weighted by Gasteiger charge is 2.22. The third kappa shape index (κ3) is 3.65. The van der Waals surface area contributed by atoms with Crippen molar-refractivity contribution in [2.24, 2.45) is 0 Å². The molecule has 2 N–H and O–H groups in total. The Bertz CT molecular complexity index is 829. The second-order valence-electron chi connectivity index (χ2n) is 6.86. The molecule has 0 aliphatic heterocycles. The Morgan fingerprint density at radius 2 is 1.96 bits per heavy atom. The molecule has 0 bridgehead atoms. The van der Waals surface area contributed by atoms with E-state index in [1.54, 1.807) is 11.3 Å². The Kier molecular flexibility index (Phi) is 5.01. The number of hydrogen-bond acceptors (Lipinski definition) is 6. The van der Waals surface area contributed by atoms with Crippen LogP contribution in [0, 0.1) is 0 Å². The molecule has 2 aliphatic carbocycles. The number of carbonyl (C=O) groups excluding carboxylic acids is 2. The van der Waals surface area contributed by atoms with Crippen LogP contribution in [0.25, 0.3) is 10.2 Å². The van der Waals surface area contributed by atoms with Crippen LogP contribution in [0.2, 0.25) is 0 Å². The number of carbonyl (C=O) groups is 2. The van der Waals surface area contributed by atoms with Crippen LogP contribution in [0.5, 0.6) is 5.88 Å². The quantitative estimate of drug-likeness (QED) is 0.858. The van der Waals surface area contributed by atoms with Gasteiger partial charge in [0.1, 0.15) is 11.2 Å². The van der Waals surface area contributed by atoms with Crippen molar-refractivity contribution in [3.63, 3.8) is 0 Å². The Morgan fingerprint density at radius 1 is 1.15 bits per heavy atom. The maximum absolute atomic E-state index is 12.0. The number of aromatic nitrogens is 2. The van der Waals surface area contributed by atoms with Crippen molar-refractivity contribution in [2.45, 2.75) is 57.4 Å². The molecule has 2 heterocycles. The topological polar surface area (TPSA) is 93.2 Å². The molecule has 0 atom stereocenters. The molecule has 0 saturated heterocycles. The van der Waals surface area contributed by atoms with E-state index in [4.69, 9.17) is 4.74 Å². The van der Waals surface area contributed by atoms with Gasteiger partial charge in [0.15, 0.2) is 6.61 Å². The van der Waals surface area contributed by atoms with Crippen LogP contribution in [0.4, 0.5) is 4.79 Å². The summed E-state index contributed by atoms with van der Waals surface area (Å²) in [5, 5.41) is 6.08. The monoisotopic (exact) mass is 374 g/mol. The summed E-state index contributed by atoms with van der Waals surface area (Å²) in [7, 11) is 0. The lowest BCUT2D eigenvalue weighted by Crippen LogP contribution is -2.45. The summed E-state index contributed by atoms with van der Waals surface area (Å²) in [6.45, 7) is -0.241. The van der Waals surface area contributed by atoms with Crippen LogP contribution in [0.3, 0.4) is 0 Å². The molecule has 2 aromatic rings. The lowest BCUT2D eigenvalue weighted by Gasteiger charge is -2.13. The molecule has 0 radical (unpaired) electrons. The van der Waals surface area contributed by atoms with Crippen LogP contribution >= 0.6 is 11.3 Å². The van der Waals surface area contributed by atoms with E-state index in [9.17, 15) is 9.59 Å². The van der Waals surface area contributed by atoms with Crippen LogP contribution in [0.15, 0.2) is 6.33 Å². The molecular weight excluding hydrogens is 352 g/mol. The van der Waals surface area contributed by atoms with Gasteiger partial charge in [-0.1, -0.05) is 12.8 Å². The number of ether oxygens (including phenoxy) is 1. The van der Waals surface area contributed by atoms with Gasteiger partial charge >= 0.3 is 6.03 Å². The summed E-state index contributed by atoms with van der Waals surface area (Å²) < 4.78 is 5.64. The smallest absolute Gasteiger partial charge is 0.321 e.